The highest BCUT2D eigenvalue weighted by atomic mass is 16.7. The Kier molecular flexibility index (Phi) is 7.82. The fourth-order valence-corrected chi connectivity index (χ4v) is 2.31. The maximum Gasteiger partial charge on any atom is 0.187 e. The summed E-state index contributed by atoms with van der Waals surface area (Å²) in [5, 5.41) is 47.7. The lowest BCUT2D eigenvalue weighted by atomic mass is 9.96. The van der Waals surface area contributed by atoms with E-state index in [9.17, 15) is 20.4 Å². The van der Waals surface area contributed by atoms with Gasteiger partial charge in [-0.2, -0.15) is 0 Å². The second-order valence-corrected chi connectivity index (χ2v) is 6.08. The van der Waals surface area contributed by atoms with Gasteiger partial charge in [0, 0.05) is 0 Å². The molecule has 134 valence electrons. The molecule has 0 radical (unpaired) electrons. The first-order chi connectivity index (χ1) is 10.8. The topological polar surface area (TPSA) is 120 Å². The van der Waals surface area contributed by atoms with Crippen molar-refractivity contribution in [3.05, 3.63) is 24.3 Å². The van der Waals surface area contributed by atoms with Crippen LogP contribution in [0.5, 0.6) is 0 Å². The highest BCUT2D eigenvalue weighted by molar-refractivity contribution is 5.02. The molecule has 0 bridgehead atoms. The van der Waals surface area contributed by atoms with Gasteiger partial charge in [0.2, 0.25) is 0 Å². The summed E-state index contributed by atoms with van der Waals surface area (Å²) in [4.78, 5) is 0. The Morgan fingerprint density at radius 1 is 1.22 bits per heavy atom. The first-order valence-electron chi connectivity index (χ1n) is 7.66. The molecule has 0 spiro atoms. The number of allylic oxidation sites excluding steroid dienone is 1. The van der Waals surface area contributed by atoms with Crippen molar-refractivity contribution in [2.24, 2.45) is 0 Å². The first kappa shape index (κ1) is 20.2. The average molecular weight is 332 g/mol. The van der Waals surface area contributed by atoms with E-state index in [4.69, 9.17) is 14.6 Å². The monoisotopic (exact) mass is 332 g/mol. The molecule has 1 rings (SSSR count). The summed E-state index contributed by atoms with van der Waals surface area (Å²) in [6, 6.07) is 0. The van der Waals surface area contributed by atoms with Gasteiger partial charge >= 0.3 is 0 Å². The van der Waals surface area contributed by atoms with Gasteiger partial charge in [0.05, 0.1) is 18.8 Å². The van der Waals surface area contributed by atoms with E-state index in [1.54, 1.807) is 13.0 Å². The van der Waals surface area contributed by atoms with Gasteiger partial charge in [-0.25, -0.2) is 0 Å². The van der Waals surface area contributed by atoms with Crippen molar-refractivity contribution in [1.82, 2.24) is 0 Å². The van der Waals surface area contributed by atoms with Crippen LogP contribution in [-0.4, -0.2) is 75.1 Å². The smallest absolute Gasteiger partial charge is 0.187 e. The van der Waals surface area contributed by atoms with E-state index in [-0.39, 0.29) is 6.61 Å². The van der Waals surface area contributed by atoms with Crippen LogP contribution >= 0.6 is 0 Å². The molecule has 0 aliphatic carbocycles. The Balaban J connectivity index is 2.74. The van der Waals surface area contributed by atoms with Crippen LogP contribution in [0.4, 0.5) is 0 Å². The third-order valence-corrected chi connectivity index (χ3v) is 4.05. The number of aliphatic hydroxyl groups is 5. The van der Waals surface area contributed by atoms with E-state index < -0.39 is 42.9 Å². The molecular formula is C16H28O7. The largest absolute Gasteiger partial charge is 0.394 e. The van der Waals surface area contributed by atoms with Crippen LogP contribution in [0.3, 0.4) is 0 Å². The normalized spacial score (nSPS) is 34.9. The van der Waals surface area contributed by atoms with Crippen LogP contribution < -0.4 is 0 Å². The minimum absolute atomic E-state index is 0.0155. The summed E-state index contributed by atoms with van der Waals surface area (Å²) in [6.07, 6.45) is -1.97. The summed E-state index contributed by atoms with van der Waals surface area (Å²) < 4.78 is 11.1. The molecule has 5 N–H and O–H groups in total. The Morgan fingerprint density at radius 2 is 1.87 bits per heavy atom. The number of hydrogen-bond acceptors (Lipinski definition) is 7. The minimum atomic E-state index is -1.48. The molecule has 1 saturated heterocycles. The van der Waals surface area contributed by atoms with Crippen LogP contribution in [0.1, 0.15) is 26.7 Å². The maximum atomic E-state index is 10.0. The summed E-state index contributed by atoms with van der Waals surface area (Å²) >= 11 is 0. The molecule has 6 atom stereocenters. The lowest BCUT2D eigenvalue weighted by Gasteiger charge is -2.42. The SMILES string of the molecule is C=C[C@](C)(CCC=C(C)CO)O[C@@H]1O[C@H](CO)[C@@H](O)[C@H](O)[C@H]1O. The molecule has 23 heavy (non-hydrogen) atoms. The molecule has 1 heterocycles. The van der Waals surface area contributed by atoms with Gasteiger partial charge in [-0.15, -0.1) is 6.58 Å². The predicted molar refractivity (Wildman–Crippen MR) is 83.5 cm³/mol. The zero-order chi connectivity index (χ0) is 17.6. The van der Waals surface area contributed by atoms with Crippen molar-refractivity contribution in [2.75, 3.05) is 13.2 Å². The number of rotatable bonds is 8. The van der Waals surface area contributed by atoms with Gasteiger partial charge in [0.15, 0.2) is 6.29 Å². The van der Waals surface area contributed by atoms with Crippen LogP contribution in [0.25, 0.3) is 0 Å². The molecule has 0 aromatic heterocycles. The van der Waals surface area contributed by atoms with Crippen LogP contribution in [0.2, 0.25) is 0 Å². The van der Waals surface area contributed by atoms with Crippen molar-refractivity contribution in [1.29, 1.82) is 0 Å². The molecule has 1 fully saturated rings. The van der Waals surface area contributed by atoms with Crippen molar-refractivity contribution in [2.45, 2.75) is 63.0 Å². The van der Waals surface area contributed by atoms with Crippen molar-refractivity contribution >= 4 is 0 Å². The van der Waals surface area contributed by atoms with E-state index in [1.165, 1.54) is 0 Å². The Bertz CT molecular complexity index is 409. The summed E-state index contributed by atoms with van der Waals surface area (Å²) in [6.45, 7) is 6.76. The molecule has 0 amide bonds. The standard InChI is InChI=1S/C16H28O7/c1-4-16(3,7-5-6-10(2)8-17)23-15-14(21)13(20)12(19)11(9-18)22-15/h4,6,11-15,17-21H,1,5,7-9H2,2-3H3/t11-,12-,13+,14-,15+,16-/m1/s1. The zero-order valence-electron chi connectivity index (χ0n) is 13.6. The molecule has 0 aromatic rings. The Hall–Kier alpha value is -0.800. The molecule has 0 saturated carbocycles. The number of ether oxygens (including phenoxy) is 2. The molecular weight excluding hydrogens is 304 g/mol. The van der Waals surface area contributed by atoms with Gasteiger partial charge in [-0.05, 0) is 26.7 Å². The summed E-state index contributed by atoms with van der Waals surface area (Å²) in [7, 11) is 0. The van der Waals surface area contributed by atoms with Crippen LogP contribution in [0.15, 0.2) is 24.3 Å². The molecule has 1 aliphatic heterocycles. The highest BCUT2D eigenvalue weighted by Crippen LogP contribution is 2.29. The van der Waals surface area contributed by atoms with Crippen LogP contribution in [0, 0.1) is 0 Å². The summed E-state index contributed by atoms with van der Waals surface area (Å²) in [5.74, 6) is 0. The van der Waals surface area contributed by atoms with Gasteiger partial charge < -0.3 is 35.0 Å². The van der Waals surface area contributed by atoms with E-state index in [1.807, 2.05) is 13.0 Å². The fraction of sp³-hybridized carbons (Fsp3) is 0.750. The first-order valence-corrected chi connectivity index (χ1v) is 7.66. The van der Waals surface area contributed by atoms with E-state index >= 15 is 0 Å². The molecule has 7 nitrogen and oxygen atoms in total. The molecule has 0 unspecified atom stereocenters. The highest BCUT2D eigenvalue weighted by Gasteiger charge is 2.45. The number of hydrogen-bond donors (Lipinski definition) is 5. The van der Waals surface area contributed by atoms with E-state index in [0.29, 0.717) is 12.8 Å². The fourth-order valence-electron chi connectivity index (χ4n) is 2.31. The lowest BCUT2D eigenvalue weighted by molar-refractivity contribution is -0.319. The summed E-state index contributed by atoms with van der Waals surface area (Å²) in [5.41, 5.74) is -0.0101. The van der Waals surface area contributed by atoms with Crippen molar-refractivity contribution in [3.8, 4) is 0 Å². The predicted octanol–water partition coefficient (Wildman–Crippen LogP) is -0.534. The Morgan fingerprint density at radius 3 is 2.39 bits per heavy atom. The molecule has 1 aliphatic rings. The van der Waals surface area contributed by atoms with Gasteiger partial charge in [-0.1, -0.05) is 17.7 Å². The lowest BCUT2D eigenvalue weighted by Crippen LogP contribution is -2.60. The quantitative estimate of drug-likeness (QED) is 0.379. The van der Waals surface area contributed by atoms with Gasteiger partial charge in [-0.3, -0.25) is 0 Å². The zero-order valence-corrected chi connectivity index (χ0v) is 13.6. The van der Waals surface area contributed by atoms with Crippen molar-refractivity contribution < 1.29 is 35.0 Å². The van der Waals surface area contributed by atoms with Gasteiger partial charge in [0.25, 0.3) is 0 Å². The molecule has 0 aromatic carbocycles. The van der Waals surface area contributed by atoms with Crippen molar-refractivity contribution in [3.63, 3.8) is 0 Å². The minimum Gasteiger partial charge on any atom is -0.394 e. The second-order valence-electron chi connectivity index (χ2n) is 6.08. The third kappa shape index (κ3) is 5.36. The maximum absolute atomic E-state index is 10.0. The van der Waals surface area contributed by atoms with E-state index in [2.05, 4.69) is 6.58 Å². The number of aliphatic hydroxyl groups excluding tert-OH is 5. The molecule has 7 heteroatoms. The third-order valence-electron chi connectivity index (χ3n) is 4.05. The van der Waals surface area contributed by atoms with E-state index in [0.717, 1.165) is 5.57 Å². The average Bonchev–Trinajstić information content (AvgIpc) is 2.55. The van der Waals surface area contributed by atoms with Gasteiger partial charge in [0.1, 0.15) is 24.4 Å². The Labute approximate surface area is 136 Å². The second kappa shape index (κ2) is 8.89. The van der Waals surface area contributed by atoms with Crippen LogP contribution in [-0.2, 0) is 9.47 Å².